The summed E-state index contributed by atoms with van der Waals surface area (Å²) >= 11 is 5.23. The maximum absolute atomic E-state index is 13.4. The molecule has 0 bridgehead atoms. The molecule has 1 aliphatic heterocycles. The molecular weight excluding hydrogens is 405 g/mol. The molecule has 0 saturated carbocycles. The molecule has 0 spiro atoms. The lowest BCUT2D eigenvalue weighted by atomic mass is 10.1. The standard InChI is InChI=1S/C20H24ClF3N4O/c1-4-9-25-18(27-10-12-28(13-11-27)19(29)17(21)22)14(2)26-16-7-5-15(6-8-16)20(3,23)24/h4-9,17,26H,2,10-13H2,1,3H3/b9-4-,25-18?. The third-order valence-electron chi connectivity index (χ3n) is 4.38. The highest BCUT2D eigenvalue weighted by molar-refractivity contribution is 6.29. The van der Waals surface area contributed by atoms with Crippen molar-refractivity contribution in [3.63, 3.8) is 0 Å². The van der Waals surface area contributed by atoms with Crippen LogP contribution in [0.4, 0.5) is 18.9 Å². The number of piperazine rings is 1. The topological polar surface area (TPSA) is 47.9 Å². The van der Waals surface area contributed by atoms with Gasteiger partial charge in [0.25, 0.3) is 17.5 Å². The smallest absolute Gasteiger partial charge is 0.272 e. The van der Waals surface area contributed by atoms with Crippen LogP contribution in [-0.4, -0.2) is 53.4 Å². The third-order valence-corrected chi connectivity index (χ3v) is 4.57. The third kappa shape index (κ3) is 6.25. The second kappa shape index (κ2) is 9.82. The van der Waals surface area contributed by atoms with Gasteiger partial charge in [0, 0.05) is 50.6 Å². The SMILES string of the molecule is C=C(Nc1ccc(C(C)(F)F)cc1)C(=N/C=C\C)N1CCN(C(=O)C(F)Cl)CC1. The van der Waals surface area contributed by atoms with Crippen molar-refractivity contribution in [1.82, 2.24) is 9.80 Å². The van der Waals surface area contributed by atoms with Crippen LogP contribution in [0.15, 0.2) is 53.8 Å². The van der Waals surface area contributed by atoms with Gasteiger partial charge in [0.1, 0.15) is 0 Å². The van der Waals surface area contributed by atoms with Crippen LogP contribution in [0.3, 0.4) is 0 Å². The van der Waals surface area contributed by atoms with Crippen LogP contribution < -0.4 is 5.32 Å². The fourth-order valence-electron chi connectivity index (χ4n) is 2.85. The molecule has 5 nitrogen and oxygen atoms in total. The molecule has 1 fully saturated rings. The Hall–Kier alpha value is -2.48. The summed E-state index contributed by atoms with van der Waals surface area (Å²) < 4.78 is 39.8. The number of benzene rings is 1. The number of hydrogen-bond donors (Lipinski definition) is 1. The van der Waals surface area contributed by atoms with Crippen LogP contribution in [0.1, 0.15) is 19.4 Å². The second-order valence-electron chi connectivity index (χ2n) is 6.62. The molecule has 1 N–H and O–H groups in total. The monoisotopic (exact) mass is 428 g/mol. The lowest BCUT2D eigenvalue weighted by Crippen LogP contribution is -2.52. The molecule has 0 aliphatic carbocycles. The van der Waals surface area contributed by atoms with E-state index in [1.165, 1.54) is 17.0 Å². The van der Waals surface area contributed by atoms with Crippen molar-refractivity contribution in [1.29, 1.82) is 0 Å². The Balaban J connectivity index is 2.09. The highest BCUT2D eigenvalue weighted by atomic mass is 35.5. The van der Waals surface area contributed by atoms with E-state index in [0.29, 0.717) is 43.4 Å². The van der Waals surface area contributed by atoms with E-state index in [1.54, 1.807) is 24.4 Å². The average Bonchev–Trinajstić information content (AvgIpc) is 2.68. The van der Waals surface area contributed by atoms with Crippen LogP contribution in [0.5, 0.6) is 0 Å². The first-order chi connectivity index (χ1) is 13.6. The molecule has 0 radical (unpaired) electrons. The first-order valence-corrected chi connectivity index (χ1v) is 9.52. The number of aliphatic imine (C=N–C) groups is 1. The van der Waals surface area contributed by atoms with Crippen molar-refractivity contribution >= 4 is 29.0 Å². The van der Waals surface area contributed by atoms with Crippen molar-refractivity contribution < 1.29 is 18.0 Å². The van der Waals surface area contributed by atoms with E-state index in [4.69, 9.17) is 11.6 Å². The molecular formula is C20H24ClF3N4O. The summed E-state index contributed by atoms with van der Waals surface area (Å²) in [6, 6.07) is 5.79. The lowest BCUT2D eigenvalue weighted by Gasteiger charge is -2.37. The van der Waals surface area contributed by atoms with Gasteiger partial charge < -0.3 is 15.1 Å². The average molecular weight is 429 g/mol. The van der Waals surface area contributed by atoms with Crippen LogP contribution in [0.2, 0.25) is 0 Å². The lowest BCUT2D eigenvalue weighted by molar-refractivity contribution is -0.134. The summed E-state index contributed by atoms with van der Waals surface area (Å²) in [4.78, 5) is 19.4. The number of allylic oxidation sites excluding steroid dienone is 1. The predicted molar refractivity (Wildman–Crippen MR) is 110 cm³/mol. The number of alkyl halides is 4. The van der Waals surface area contributed by atoms with Gasteiger partial charge in [0.05, 0.1) is 5.70 Å². The molecule has 1 aromatic rings. The molecule has 1 atom stereocenters. The first kappa shape index (κ1) is 22.8. The molecule has 0 aromatic heterocycles. The van der Waals surface area contributed by atoms with E-state index in [9.17, 15) is 18.0 Å². The Bertz CT molecular complexity index is 780. The van der Waals surface area contributed by atoms with E-state index in [2.05, 4.69) is 16.9 Å². The number of hydrogen-bond acceptors (Lipinski definition) is 3. The number of carbonyl (C=O) groups excluding carboxylic acids is 1. The minimum atomic E-state index is -2.91. The van der Waals surface area contributed by atoms with Gasteiger partial charge in [-0.25, -0.2) is 18.2 Å². The van der Waals surface area contributed by atoms with Crippen LogP contribution in [0, 0.1) is 0 Å². The van der Waals surface area contributed by atoms with Gasteiger partial charge in [-0.1, -0.05) is 36.4 Å². The van der Waals surface area contributed by atoms with E-state index in [1.807, 2.05) is 11.8 Å². The minimum Gasteiger partial charge on any atom is -0.353 e. The summed E-state index contributed by atoms with van der Waals surface area (Å²) in [6.45, 7) is 8.11. The van der Waals surface area contributed by atoms with Crippen LogP contribution in [0.25, 0.3) is 0 Å². The number of amidine groups is 1. The minimum absolute atomic E-state index is 0.0808. The van der Waals surface area contributed by atoms with Crippen molar-refractivity contribution in [2.75, 3.05) is 31.5 Å². The zero-order chi connectivity index (χ0) is 21.6. The Kier molecular flexibility index (Phi) is 7.73. The summed E-state index contributed by atoms with van der Waals surface area (Å²) in [6.07, 6.45) is 3.36. The van der Waals surface area contributed by atoms with Gasteiger partial charge >= 0.3 is 0 Å². The number of rotatable bonds is 6. The van der Waals surface area contributed by atoms with Crippen molar-refractivity contribution in [3.05, 3.63) is 54.4 Å². The van der Waals surface area contributed by atoms with Gasteiger partial charge in [-0.05, 0) is 19.1 Å². The molecule has 158 valence electrons. The maximum atomic E-state index is 13.4. The molecule has 1 heterocycles. The highest BCUT2D eigenvalue weighted by Gasteiger charge is 2.28. The largest absolute Gasteiger partial charge is 0.353 e. The zero-order valence-electron chi connectivity index (χ0n) is 16.3. The normalized spacial score (nSPS) is 16.8. The first-order valence-electron chi connectivity index (χ1n) is 9.09. The quantitative estimate of drug-likeness (QED) is 0.416. The fraction of sp³-hybridized carbons (Fsp3) is 0.400. The van der Waals surface area contributed by atoms with Gasteiger partial charge in [0.2, 0.25) is 0 Å². The van der Waals surface area contributed by atoms with E-state index < -0.39 is 17.5 Å². The van der Waals surface area contributed by atoms with E-state index >= 15 is 0 Å². The van der Waals surface area contributed by atoms with Gasteiger partial charge in [0.15, 0.2) is 5.84 Å². The molecule has 1 amide bonds. The summed E-state index contributed by atoms with van der Waals surface area (Å²) in [5.41, 5.74) is -1.07. The van der Waals surface area contributed by atoms with Gasteiger partial charge in [-0.3, -0.25) is 4.79 Å². The predicted octanol–water partition coefficient (Wildman–Crippen LogP) is 4.33. The molecule has 1 saturated heterocycles. The van der Waals surface area contributed by atoms with Crippen molar-refractivity contribution in [2.24, 2.45) is 4.99 Å². The number of nitrogens with zero attached hydrogens (tertiary/aromatic N) is 3. The Labute approximate surface area is 173 Å². The number of carbonyl (C=O) groups is 1. The van der Waals surface area contributed by atoms with Gasteiger partial charge in [-0.15, -0.1) is 0 Å². The fourth-order valence-corrected chi connectivity index (χ4v) is 2.99. The van der Waals surface area contributed by atoms with E-state index in [-0.39, 0.29) is 5.56 Å². The Morgan fingerprint density at radius 3 is 2.28 bits per heavy atom. The number of amides is 1. The molecule has 1 unspecified atom stereocenters. The number of halogens is 4. The maximum Gasteiger partial charge on any atom is 0.272 e. The summed E-state index contributed by atoms with van der Waals surface area (Å²) in [5, 5.41) is 3.07. The number of anilines is 1. The van der Waals surface area contributed by atoms with Crippen LogP contribution in [-0.2, 0) is 10.7 Å². The van der Waals surface area contributed by atoms with Crippen molar-refractivity contribution in [3.8, 4) is 0 Å². The zero-order valence-corrected chi connectivity index (χ0v) is 17.1. The Morgan fingerprint density at radius 2 is 1.79 bits per heavy atom. The van der Waals surface area contributed by atoms with Gasteiger partial charge in [-0.2, -0.15) is 0 Å². The highest BCUT2D eigenvalue weighted by Crippen LogP contribution is 2.28. The molecule has 1 aromatic carbocycles. The second-order valence-corrected chi connectivity index (χ2v) is 7.00. The molecule has 9 heteroatoms. The molecule has 29 heavy (non-hydrogen) atoms. The summed E-state index contributed by atoms with van der Waals surface area (Å²) in [7, 11) is 0. The molecule has 1 aliphatic rings. The molecule has 2 rings (SSSR count). The van der Waals surface area contributed by atoms with Crippen molar-refractivity contribution in [2.45, 2.75) is 25.4 Å². The van der Waals surface area contributed by atoms with Crippen LogP contribution >= 0.6 is 11.6 Å². The Morgan fingerprint density at radius 1 is 1.24 bits per heavy atom. The summed E-state index contributed by atoms with van der Waals surface area (Å²) in [5.74, 6) is -3.11. The number of nitrogens with one attached hydrogen (secondary N) is 1. The van der Waals surface area contributed by atoms with E-state index in [0.717, 1.165) is 6.92 Å².